The fourth-order valence-corrected chi connectivity index (χ4v) is 1.44. The van der Waals surface area contributed by atoms with Gasteiger partial charge in [-0.2, -0.15) is 5.10 Å². The van der Waals surface area contributed by atoms with Gasteiger partial charge in [0.1, 0.15) is 0 Å². The van der Waals surface area contributed by atoms with E-state index < -0.39 is 7.12 Å². The summed E-state index contributed by atoms with van der Waals surface area (Å²) in [5.41, 5.74) is 1.10. The van der Waals surface area contributed by atoms with E-state index in [1.54, 1.807) is 10.7 Å². The fraction of sp³-hybridized carbons (Fsp3) is 0.375. The normalized spacial score (nSPS) is 10.3. The summed E-state index contributed by atoms with van der Waals surface area (Å²) in [6.45, 7) is 6.31. The molecule has 76 valence electrons. The van der Waals surface area contributed by atoms with Crippen LogP contribution in [0.25, 0.3) is 4.91 Å². The number of aryl methyl sites for hydroxylation is 1. The van der Waals surface area contributed by atoms with Crippen molar-refractivity contribution >= 4 is 29.4 Å². The average molecular weight is 212 g/mol. The molecule has 0 saturated carbocycles. The minimum absolute atomic E-state index is 0.401. The van der Waals surface area contributed by atoms with Crippen LogP contribution in [0.15, 0.2) is 12.6 Å². The van der Waals surface area contributed by atoms with Gasteiger partial charge < -0.3 is 10.0 Å². The SMILES string of the molecule is C=C(SC)c1cc(B(O)O)n(CC)n1. The van der Waals surface area contributed by atoms with Gasteiger partial charge in [-0.15, -0.1) is 11.8 Å². The van der Waals surface area contributed by atoms with Gasteiger partial charge in [0, 0.05) is 11.4 Å². The van der Waals surface area contributed by atoms with Gasteiger partial charge in [-0.3, -0.25) is 4.68 Å². The molecule has 1 aromatic rings. The van der Waals surface area contributed by atoms with E-state index >= 15 is 0 Å². The topological polar surface area (TPSA) is 58.3 Å². The fourth-order valence-electron chi connectivity index (χ4n) is 1.13. The monoisotopic (exact) mass is 212 g/mol. The second-order valence-electron chi connectivity index (χ2n) is 2.77. The lowest BCUT2D eigenvalue weighted by molar-refractivity contribution is 0.420. The first-order valence-electron chi connectivity index (χ1n) is 4.27. The molecule has 1 aromatic heterocycles. The quantitative estimate of drug-likeness (QED) is 0.685. The molecule has 0 saturated heterocycles. The van der Waals surface area contributed by atoms with Crippen LogP contribution in [-0.4, -0.2) is 33.2 Å². The zero-order chi connectivity index (χ0) is 10.7. The molecule has 14 heavy (non-hydrogen) atoms. The molecule has 1 rings (SSSR count). The minimum atomic E-state index is -1.48. The highest BCUT2D eigenvalue weighted by Crippen LogP contribution is 2.19. The van der Waals surface area contributed by atoms with E-state index in [-0.39, 0.29) is 0 Å². The summed E-state index contributed by atoms with van der Waals surface area (Å²) >= 11 is 1.49. The maximum atomic E-state index is 9.06. The molecule has 0 spiro atoms. The Morgan fingerprint density at radius 3 is 2.71 bits per heavy atom. The summed E-state index contributed by atoms with van der Waals surface area (Å²) in [6.07, 6.45) is 1.91. The predicted octanol–water partition coefficient (Wildman–Crippen LogP) is -0.0835. The Labute approximate surface area is 87.8 Å². The van der Waals surface area contributed by atoms with Crippen molar-refractivity contribution in [2.45, 2.75) is 13.5 Å². The lowest BCUT2D eigenvalue weighted by Crippen LogP contribution is -2.36. The third-order valence-corrected chi connectivity index (χ3v) is 2.61. The van der Waals surface area contributed by atoms with Crippen molar-refractivity contribution in [2.75, 3.05) is 6.26 Å². The molecule has 6 heteroatoms. The molecule has 0 aliphatic heterocycles. The van der Waals surface area contributed by atoms with Gasteiger partial charge in [0.2, 0.25) is 0 Å². The van der Waals surface area contributed by atoms with Gasteiger partial charge in [-0.25, -0.2) is 0 Å². The summed E-state index contributed by atoms with van der Waals surface area (Å²) in [5, 5.41) is 22.3. The van der Waals surface area contributed by atoms with E-state index in [9.17, 15) is 0 Å². The molecule has 4 nitrogen and oxygen atoms in total. The molecule has 0 aliphatic carbocycles. The first-order chi connectivity index (χ1) is 6.60. The Bertz CT molecular complexity index is 338. The molecular formula is C8H13BN2O2S. The largest absolute Gasteiger partial charge is 0.507 e. The van der Waals surface area contributed by atoms with Gasteiger partial charge in [-0.05, 0) is 19.2 Å². The third kappa shape index (κ3) is 2.20. The van der Waals surface area contributed by atoms with E-state index in [4.69, 9.17) is 10.0 Å². The van der Waals surface area contributed by atoms with Gasteiger partial charge in [0.25, 0.3) is 0 Å². The van der Waals surface area contributed by atoms with Crippen LogP contribution >= 0.6 is 11.8 Å². The van der Waals surface area contributed by atoms with Gasteiger partial charge in [0.15, 0.2) is 0 Å². The summed E-state index contributed by atoms with van der Waals surface area (Å²) < 4.78 is 1.56. The second-order valence-corrected chi connectivity index (χ2v) is 3.67. The number of thioether (sulfide) groups is 1. The summed E-state index contributed by atoms with van der Waals surface area (Å²) in [7, 11) is -1.48. The minimum Gasteiger partial charge on any atom is -0.422 e. The molecule has 0 aromatic carbocycles. The van der Waals surface area contributed by atoms with Crippen LogP contribution in [-0.2, 0) is 6.54 Å². The van der Waals surface area contributed by atoms with Gasteiger partial charge in [0.05, 0.1) is 11.3 Å². The highest BCUT2D eigenvalue weighted by Gasteiger charge is 2.19. The van der Waals surface area contributed by atoms with Crippen molar-refractivity contribution in [1.82, 2.24) is 9.78 Å². The van der Waals surface area contributed by atoms with Crippen LogP contribution in [0.5, 0.6) is 0 Å². The van der Waals surface area contributed by atoms with Crippen LogP contribution in [0.1, 0.15) is 12.6 Å². The standard InChI is InChI=1S/C8H13BN2O2S/c1-4-11-8(9(12)13)5-7(10-11)6(2)14-3/h5,12-13H,2,4H2,1,3H3. The van der Waals surface area contributed by atoms with Crippen LogP contribution in [0.4, 0.5) is 0 Å². The number of nitrogens with zero attached hydrogens (tertiary/aromatic N) is 2. The van der Waals surface area contributed by atoms with Gasteiger partial charge >= 0.3 is 7.12 Å². The number of aromatic nitrogens is 2. The Balaban J connectivity index is 3.06. The second kappa shape index (κ2) is 4.68. The molecule has 2 N–H and O–H groups in total. The maximum absolute atomic E-state index is 9.06. The molecule has 1 heterocycles. The number of rotatable bonds is 4. The Morgan fingerprint density at radius 1 is 1.71 bits per heavy atom. The number of hydrogen-bond donors (Lipinski definition) is 2. The number of hydrogen-bond acceptors (Lipinski definition) is 4. The molecule has 0 amide bonds. The highest BCUT2D eigenvalue weighted by atomic mass is 32.2. The molecular weight excluding hydrogens is 199 g/mol. The van der Waals surface area contributed by atoms with Crippen molar-refractivity contribution in [2.24, 2.45) is 0 Å². The maximum Gasteiger partial charge on any atom is 0.507 e. The average Bonchev–Trinajstić information content (AvgIpc) is 2.60. The lowest BCUT2D eigenvalue weighted by atomic mass is 9.86. The predicted molar refractivity (Wildman–Crippen MR) is 60.3 cm³/mol. The van der Waals surface area contributed by atoms with Crippen molar-refractivity contribution in [3.63, 3.8) is 0 Å². The first-order valence-corrected chi connectivity index (χ1v) is 5.49. The zero-order valence-electron chi connectivity index (χ0n) is 8.27. The van der Waals surface area contributed by atoms with E-state index in [0.717, 1.165) is 4.91 Å². The molecule has 0 radical (unpaired) electrons. The van der Waals surface area contributed by atoms with Crippen molar-refractivity contribution < 1.29 is 10.0 Å². The van der Waals surface area contributed by atoms with Crippen molar-refractivity contribution in [3.05, 3.63) is 18.3 Å². The van der Waals surface area contributed by atoms with Gasteiger partial charge in [-0.1, -0.05) is 6.58 Å². The Hall–Kier alpha value is -0.715. The summed E-state index contributed by atoms with van der Waals surface area (Å²) in [4.78, 5) is 0.819. The Kier molecular flexibility index (Phi) is 3.80. The van der Waals surface area contributed by atoms with Crippen molar-refractivity contribution in [3.8, 4) is 0 Å². The lowest BCUT2D eigenvalue weighted by Gasteiger charge is -2.01. The van der Waals surface area contributed by atoms with Crippen LogP contribution in [0.3, 0.4) is 0 Å². The first kappa shape index (κ1) is 11.4. The van der Waals surface area contributed by atoms with Crippen LogP contribution in [0.2, 0.25) is 0 Å². The highest BCUT2D eigenvalue weighted by molar-refractivity contribution is 8.07. The molecule has 0 unspecified atom stereocenters. The molecule has 0 fully saturated rings. The van der Waals surface area contributed by atoms with Crippen LogP contribution < -0.4 is 5.59 Å². The van der Waals surface area contributed by atoms with Crippen LogP contribution in [0, 0.1) is 0 Å². The summed E-state index contributed by atoms with van der Waals surface area (Å²) in [6, 6.07) is 1.65. The molecule has 0 atom stereocenters. The van der Waals surface area contributed by atoms with E-state index in [1.807, 2.05) is 13.2 Å². The Morgan fingerprint density at radius 2 is 2.36 bits per heavy atom. The van der Waals surface area contributed by atoms with E-state index in [1.165, 1.54) is 11.8 Å². The molecule has 0 bridgehead atoms. The third-order valence-electron chi connectivity index (χ3n) is 1.91. The zero-order valence-corrected chi connectivity index (χ0v) is 9.08. The van der Waals surface area contributed by atoms with E-state index in [0.29, 0.717) is 17.8 Å². The molecule has 0 aliphatic rings. The smallest absolute Gasteiger partial charge is 0.422 e. The van der Waals surface area contributed by atoms with E-state index in [2.05, 4.69) is 11.7 Å². The summed E-state index contributed by atoms with van der Waals surface area (Å²) in [5.74, 6) is 0. The van der Waals surface area contributed by atoms with Crippen molar-refractivity contribution in [1.29, 1.82) is 0 Å².